The first-order valence-electron chi connectivity index (χ1n) is 19.7. The van der Waals surface area contributed by atoms with E-state index in [1.807, 2.05) is 23.5 Å². The van der Waals surface area contributed by atoms with E-state index in [9.17, 15) is 0 Å². The second kappa shape index (κ2) is 13.1. The Labute approximate surface area is 338 Å². The van der Waals surface area contributed by atoms with Gasteiger partial charge in [0.2, 0.25) is 0 Å². The lowest BCUT2D eigenvalue weighted by atomic mass is 10.0. The highest BCUT2D eigenvalue weighted by Gasteiger charge is 2.19. The second-order valence-electron chi connectivity index (χ2n) is 14.9. The Bertz CT molecular complexity index is 3480. The molecule has 0 spiro atoms. The molecule has 0 unspecified atom stereocenters. The summed E-state index contributed by atoms with van der Waals surface area (Å²) in [5.74, 6) is 0. The molecule has 9 aromatic carbocycles. The summed E-state index contributed by atoms with van der Waals surface area (Å²) < 4.78 is 10.2. The van der Waals surface area contributed by atoms with Crippen molar-refractivity contribution in [1.82, 2.24) is 4.57 Å². The monoisotopic (exact) mass is 758 g/mol. The van der Waals surface area contributed by atoms with Crippen LogP contribution in [0.4, 0.5) is 17.1 Å². The molecule has 3 nitrogen and oxygen atoms in total. The van der Waals surface area contributed by atoms with Gasteiger partial charge in [0.1, 0.15) is 5.58 Å². The highest BCUT2D eigenvalue weighted by Crippen LogP contribution is 2.43. The molecule has 0 saturated carbocycles. The van der Waals surface area contributed by atoms with Crippen molar-refractivity contribution >= 4 is 93.0 Å². The minimum absolute atomic E-state index is 0.900. The molecule has 12 rings (SSSR count). The number of para-hydroxylation sites is 3. The summed E-state index contributed by atoms with van der Waals surface area (Å²) in [7, 11) is 0. The largest absolute Gasteiger partial charge is 0.454 e. The maximum atomic E-state index is 6.53. The molecule has 0 saturated heterocycles. The number of benzene rings is 9. The van der Waals surface area contributed by atoms with Gasteiger partial charge in [-0.2, -0.15) is 0 Å². The smallest absolute Gasteiger partial charge is 0.159 e. The molecular formula is C54H34N2OS. The minimum Gasteiger partial charge on any atom is -0.454 e. The summed E-state index contributed by atoms with van der Waals surface area (Å²) in [6.07, 6.45) is 0. The number of furan rings is 1. The summed E-state index contributed by atoms with van der Waals surface area (Å²) >= 11 is 1.84. The van der Waals surface area contributed by atoms with Gasteiger partial charge in [-0.1, -0.05) is 133 Å². The number of hydrogen-bond donors (Lipinski definition) is 0. The zero-order valence-electron chi connectivity index (χ0n) is 31.3. The van der Waals surface area contributed by atoms with Crippen LogP contribution in [0.3, 0.4) is 0 Å². The first kappa shape index (κ1) is 32.8. The third-order valence-electron chi connectivity index (χ3n) is 11.6. The van der Waals surface area contributed by atoms with Gasteiger partial charge in [-0.15, -0.1) is 11.3 Å². The van der Waals surface area contributed by atoms with E-state index >= 15 is 0 Å². The average molecular weight is 759 g/mol. The van der Waals surface area contributed by atoms with Gasteiger partial charge in [-0.3, -0.25) is 0 Å². The van der Waals surface area contributed by atoms with Gasteiger partial charge < -0.3 is 13.9 Å². The van der Waals surface area contributed by atoms with Gasteiger partial charge in [0.05, 0.1) is 22.4 Å². The Morgan fingerprint density at radius 1 is 0.414 bits per heavy atom. The topological polar surface area (TPSA) is 21.3 Å². The third kappa shape index (κ3) is 5.19. The van der Waals surface area contributed by atoms with Crippen molar-refractivity contribution in [2.45, 2.75) is 0 Å². The molecule has 4 heteroatoms. The van der Waals surface area contributed by atoms with Crippen LogP contribution in [0.15, 0.2) is 211 Å². The number of hydrogen-bond acceptors (Lipinski definition) is 3. The Morgan fingerprint density at radius 3 is 1.86 bits per heavy atom. The highest BCUT2D eigenvalue weighted by atomic mass is 32.1. The molecule has 3 aromatic heterocycles. The van der Waals surface area contributed by atoms with Crippen molar-refractivity contribution in [3.05, 3.63) is 206 Å². The van der Waals surface area contributed by atoms with Crippen molar-refractivity contribution in [3.8, 4) is 27.3 Å². The Morgan fingerprint density at radius 2 is 1.03 bits per heavy atom. The first-order valence-corrected chi connectivity index (χ1v) is 20.5. The van der Waals surface area contributed by atoms with Crippen molar-refractivity contribution in [1.29, 1.82) is 0 Å². The number of nitrogens with zero attached hydrogens (tertiary/aromatic N) is 2. The normalized spacial score (nSPS) is 11.8. The van der Waals surface area contributed by atoms with Crippen LogP contribution in [0.5, 0.6) is 0 Å². The van der Waals surface area contributed by atoms with Crippen LogP contribution in [0.2, 0.25) is 0 Å². The lowest BCUT2D eigenvalue weighted by Gasteiger charge is -2.27. The van der Waals surface area contributed by atoms with Crippen molar-refractivity contribution < 1.29 is 4.42 Å². The van der Waals surface area contributed by atoms with Crippen molar-refractivity contribution in [2.75, 3.05) is 4.90 Å². The van der Waals surface area contributed by atoms with Crippen molar-refractivity contribution in [2.24, 2.45) is 0 Å². The Hall–Kier alpha value is -7.40. The molecule has 3 heterocycles. The van der Waals surface area contributed by atoms with Crippen LogP contribution in [-0.2, 0) is 0 Å². The van der Waals surface area contributed by atoms with E-state index in [-0.39, 0.29) is 0 Å². The lowest BCUT2D eigenvalue weighted by Crippen LogP contribution is -2.10. The first-order chi connectivity index (χ1) is 28.7. The summed E-state index contributed by atoms with van der Waals surface area (Å²) in [6.45, 7) is 0. The van der Waals surface area contributed by atoms with Crippen molar-refractivity contribution in [3.63, 3.8) is 0 Å². The molecule has 272 valence electrons. The summed E-state index contributed by atoms with van der Waals surface area (Å²) in [6, 6.07) is 74.5. The molecule has 0 atom stereocenters. The van der Waals surface area contributed by atoms with Gasteiger partial charge >= 0.3 is 0 Å². The maximum Gasteiger partial charge on any atom is 0.159 e. The van der Waals surface area contributed by atoms with E-state index in [0.717, 1.165) is 55.7 Å². The third-order valence-corrected chi connectivity index (χ3v) is 12.8. The molecule has 0 aliphatic heterocycles. The standard InChI is InChI=1S/C54H34N2OS/c1-3-14-42-36(11-1)13-9-19-47(42)55(41-30-25-37(26-31-41)53-34-39-12-2-8-22-52(39)58-53)40-28-23-35(24-29-40)38-27-32-49-46(33-38)43-15-4-6-18-48(43)56(49)50-20-10-17-45-44-16-5-7-21-51(44)57-54(45)50/h1-34H. The fourth-order valence-corrected chi connectivity index (χ4v) is 9.92. The van der Waals surface area contributed by atoms with Crippen LogP contribution in [-0.4, -0.2) is 4.57 Å². The lowest BCUT2D eigenvalue weighted by molar-refractivity contribution is 0.666. The summed E-state index contributed by atoms with van der Waals surface area (Å²) in [4.78, 5) is 3.66. The quantitative estimate of drug-likeness (QED) is 0.168. The molecule has 0 aliphatic rings. The van der Waals surface area contributed by atoms with Crippen LogP contribution >= 0.6 is 11.3 Å². The molecule has 58 heavy (non-hydrogen) atoms. The van der Waals surface area contributed by atoms with E-state index < -0.39 is 0 Å². The molecule has 12 aromatic rings. The zero-order valence-corrected chi connectivity index (χ0v) is 32.2. The molecule has 0 radical (unpaired) electrons. The van der Waals surface area contributed by atoms with Gasteiger partial charge in [-0.05, 0) is 100 Å². The minimum atomic E-state index is 0.900. The summed E-state index contributed by atoms with van der Waals surface area (Å²) in [5, 5.41) is 8.39. The predicted octanol–water partition coefficient (Wildman–Crippen LogP) is 15.9. The van der Waals surface area contributed by atoms with Crippen LogP contribution < -0.4 is 4.90 Å². The zero-order chi connectivity index (χ0) is 38.2. The molecule has 0 aliphatic carbocycles. The Kier molecular flexibility index (Phi) is 7.40. The van der Waals surface area contributed by atoms with Gasteiger partial charge in [0.15, 0.2) is 5.58 Å². The molecule has 0 amide bonds. The van der Waals surface area contributed by atoms with Crippen LogP contribution in [0.1, 0.15) is 0 Å². The van der Waals surface area contributed by atoms with Gasteiger partial charge in [0.25, 0.3) is 0 Å². The molecular weight excluding hydrogens is 725 g/mol. The number of thiophene rings is 1. The van der Waals surface area contributed by atoms with E-state index in [0.29, 0.717) is 0 Å². The van der Waals surface area contributed by atoms with Crippen LogP contribution in [0.25, 0.3) is 91.9 Å². The summed E-state index contributed by atoms with van der Waals surface area (Å²) in [5.41, 5.74) is 12.1. The second-order valence-corrected chi connectivity index (χ2v) is 16.0. The average Bonchev–Trinajstić information content (AvgIpc) is 3.99. The highest BCUT2D eigenvalue weighted by molar-refractivity contribution is 7.22. The number of rotatable bonds is 6. The SMILES string of the molecule is c1ccc2sc(-c3ccc(N(c4ccc(-c5ccc6c(c5)c5ccccc5n6-c5cccc6c5oc5ccccc56)cc4)c4cccc5ccccc45)cc3)cc2c1. The van der Waals surface area contributed by atoms with Gasteiger partial charge in [-0.25, -0.2) is 0 Å². The van der Waals surface area contributed by atoms with E-state index in [1.165, 1.54) is 53.2 Å². The van der Waals surface area contributed by atoms with Crippen LogP contribution in [0, 0.1) is 0 Å². The van der Waals surface area contributed by atoms with Gasteiger partial charge in [0, 0.05) is 47.9 Å². The van der Waals surface area contributed by atoms with E-state index in [1.54, 1.807) is 0 Å². The fraction of sp³-hybridized carbons (Fsp3) is 0. The molecule has 0 N–H and O–H groups in total. The Balaban J connectivity index is 0.957. The number of fused-ring (bicyclic) bond motifs is 8. The number of aromatic nitrogens is 1. The van der Waals surface area contributed by atoms with E-state index in [2.05, 4.69) is 204 Å². The number of anilines is 3. The molecule has 0 fully saturated rings. The predicted molar refractivity (Wildman–Crippen MR) is 247 cm³/mol. The fourth-order valence-electron chi connectivity index (χ4n) is 8.85. The maximum absolute atomic E-state index is 6.53. The molecule has 0 bridgehead atoms. The van der Waals surface area contributed by atoms with E-state index in [4.69, 9.17) is 4.42 Å².